The number of hydrogen-bond acceptors (Lipinski definition) is 4. The first-order valence-electron chi connectivity index (χ1n) is 8.81. The van der Waals surface area contributed by atoms with Crippen molar-refractivity contribution in [2.24, 2.45) is 7.05 Å². The largest absolute Gasteiger partial charge is 0.322 e. The van der Waals surface area contributed by atoms with Crippen molar-refractivity contribution in [1.82, 2.24) is 19.6 Å². The molecule has 1 fully saturated rings. The average molecular weight is 341 g/mol. The molecule has 2 heterocycles. The molecule has 1 aliphatic heterocycles. The first-order valence-corrected chi connectivity index (χ1v) is 8.81. The maximum Gasteiger partial charge on any atom is 0.238 e. The zero-order valence-corrected chi connectivity index (χ0v) is 15.3. The number of aromatic nitrogens is 2. The fourth-order valence-corrected chi connectivity index (χ4v) is 3.28. The van der Waals surface area contributed by atoms with Gasteiger partial charge in [0, 0.05) is 39.8 Å². The molecule has 0 spiro atoms. The van der Waals surface area contributed by atoms with E-state index in [2.05, 4.69) is 44.5 Å². The smallest absolute Gasteiger partial charge is 0.238 e. The molecule has 6 nitrogen and oxygen atoms in total. The van der Waals surface area contributed by atoms with E-state index < -0.39 is 0 Å². The van der Waals surface area contributed by atoms with E-state index in [1.54, 1.807) is 4.68 Å². The van der Waals surface area contributed by atoms with Gasteiger partial charge in [0.15, 0.2) is 0 Å². The van der Waals surface area contributed by atoms with Crippen molar-refractivity contribution in [3.05, 3.63) is 47.3 Å². The van der Waals surface area contributed by atoms with Gasteiger partial charge in [0.2, 0.25) is 5.91 Å². The van der Waals surface area contributed by atoms with Crippen molar-refractivity contribution >= 4 is 11.6 Å². The topological polar surface area (TPSA) is 53.4 Å². The van der Waals surface area contributed by atoms with E-state index >= 15 is 0 Å². The molecule has 134 valence electrons. The molecule has 3 rings (SSSR count). The Bertz CT molecular complexity index is 717. The van der Waals surface area contributed by atoms with E-state index in [9.17, 15) is 4.79 Å². The quantitative estimate of drug-likeness (QED) is 0.901. The second-order valence-electron chi connectivity index (χ2n) is 6.76. The van der Waals surface area contributed by atoms with Gasteiger partial charge in [-0.3, -0.25) is 19.3 Å². The normalized spacial score (nSPS) is 16.1. The average Bonchev–Trinajstić information content (AvgIpc) is 2.84. The number of carbonyl (C=O) groups excluding carboxylic acids is 1. The van der Waals surface area contributed by atoms with E-state index in [4.69, 9.17) is 0 Å². The lowest BCUT2D eigenvalue weighted by Gasteiger charge is -2.34. The molecule has 6 heteroatoms. The molecule has 1 amide bonds. The molecule has 2 aromatic rings. The van der Waals surface area contributed by atoms with Crippen molar-refractivity contribution in [2.75, 3.05) is 38.0 Å². The van der Waals surface area contributed by atoms with Gasteiger partial charge < -0.3 is 5.32 Å². The van der Waals surface area contributed by atoms with E-state index in [-0.39, 0.29) is 5.91 Å². The van der Waals surface area contributed by atoms with Gasteiger partial charge in [-0.15, -0.1) is 0 Å². The maximum absolute atomic E-state index is 12.4. The lowest BCUT2D eigenvalue weighted by atomic mass is 10.2. The van der Waals surface area contributed by atoms with Gasteiger partial charge in [0.25, 0.3) is 0 Å². The molecule has 1 aromatic heterocycles. The number of aryl methyl sites for hydroxylation is 2. The summed E-state index contributed by atoms with van der Waals surface area (Å²) in [5.41, 5.74) is 4.03. The number of nitrogens with one attached hydrogen (secondary N) is 1. The van der Waals surface area contributed by atoms with Gasteiger partial charge in [0.05, 0.1) is 23.6 Å². The van der Waals surface area contributed by atoms with Crippen LogP contribution in [0, 0.1) is 13.8 Å². The number of hydrogen-bond donors (Lipinski definition) is 1. The van der Waals surface area contributed by atoms with Crippen molar-refractivity contribution < 1.29 is 4.79 Å². The SMILES string of the molecule is Cc1nn(C)c(C)c1NC(=O)CN1CCN(Cc2ccccc2)CC1. The first-order chi connectivity index (χ1) is 12.0. The van der Waals surface area contributed by atoms with Gasteiger partial charge in [0.1, 0.15) is 0 Å². The summed E-state index contributed by atoms with van der Waals surface area (Å²) < 4.78 is 1.80. The minimum atomic E-state index is 0.0377. The Morgan fingerprint density at radius 2 is 1.72 bits per heavy atom. The van der Waals surface area contributed by atoms with Crippen LogP contribution in [0.2, 0.25) is 0 Å². The van der Waals surface area contributed by atoms with Crippen LogP contribution in [0.25, 0.3) is 0 Å². The Morgan fingerprint density at radius 1 is 1.08 bits per heavy atom. The van der Waals surface area contributed by atoms with E-state index in [0.29, 0.717) is 6.54 Å². The second-order valence-corrected chi connectivity index (χ2v) is 6.76. The lowest BCUT2D eigenvalue weighted by Crippen LogP contribution is -2.48. The van der Waals surface area contributed by atoms with Crippen LogP contribution in [0.5, 0.6) is 0 Å². The summed E-state index contributed by atoms with van der Waals surface area (Å²) in [6.07, 6.45) is 0. The highest BCUT2D eigenvalue weighted by molar-refractivity contribution is 5.93. The minimum absolute atomic E-state index is 0.0377. The van der Waals surface area contributed by atoms with Gasteiger partial charge in [-0.25, -0.2) is 0 Å². The predicted octanol–water partition coefficient (Wildman–Crippen LogP) is 1.79. The summed E-state index contributed by atoms with van der Waals surface area (Å²) in [6, 6.07) is 10.5. The zero-order valence-electron chi connectivity index (χ0n) is 15.3. The molecule has 25 heavy (non-hydrogen) atoms. The van der Waals surface area contributed by atoms with Crippen LogP contribution in [0.3, 0.4) is 0 Å². The Kier molecular flexibility index (Phi) is 5.50. The molecule has 1 saturated heterocycles. The van der Waals surface area contributed by atoms with E-state index in [0.717, 1.165) is 49.8 Å². The second kappa shape index (κ2) is 7.80. The van der Waals surface area contributed by atoms with E-state index in [1.807, 2.05) is 27.0 Å². The van der Waals surface area contributed by atoms with Crippen LogP contribution in [0.1, 0.15) is 17.0 Å². The van der Waals surface area contributed by atoms with Gasteiger partial charge in [-0.1, -0.05) is 30.3 Å². The molecule has 0 bridgehead atoms. The Balaban J connectivity index is 1.46. The molecule has 0 atom stereocenters. The molecule has 0 aliphatic carbocycles. The summed E-state index contributed by atoms with van der Waals surface area (Å²) in [7, 11) is 1.89. The Labute approximate surface area is 149 Å². The maximum atomic E-state index is 12.4. The van der Waals surface area contributed by atoms with Crippen molar-refractivity contribution in [2.45, 2.75) is 20.4 Å². The fraction of sp³-hybridized carbons (Fsp3) is 0.474. The molecule has 0 radical (unpaired) electrons. The van der Waals surface area contributed by atoms with Crippen LogP contribution in [-0.4, -0.2) is 58.2 Å². The lowest BCUT2D eigenvalue weighted by molar-refractivity contribution is -0.117. The zero-order chi connectivity index (χ0) is 17.8. The number of rotatable bonds is 5. The molecule has 1 aromatic carbocycles. The standard InChI is InChI=1S/C19H27N5O/c1-15-19(16(2)22(3)21-15)20-18(25)14-24-11-9-23(10-12-24)13-17-7-5-4-6-8-17/h4-8H,9-14H2,1-3H3,(H,20,25). The Hall–Kier alpha value is -2.18. The van der Waals surface area contributed by atoms with Gasteiger partial charge in [-0.2, -0.15) is 5.10 Å². The predicted molar refractivity (Wildman–Crippen MR) is 99.5 cm³/mol. The monoisotopic (exact) mass is 341 g/mol. The minimum Gasteiger partial charge on any atom is -0.322 e. The third-order valence-corrected chi connectivity index (χ3v) is 4.85. The summed E-state index contributed by atoms with van der Waals surface area (Å²) in [5, 5.41) is 7.36. The summed E-state index contributed by atoms with van der Waals surface area (Å²) in [5.74, 6) is 0.0377. The van der Waals surface area contributed by atoms with Crippen LogP contribution in [0.15, 0.2) is 30.3 Å². The number of piperazine rings is 1. The number of carbonyl (C=O) groups is 1. The summed E-state index contributed by atoms with van der Waals surface area (Å²) in [4.78, 5) is 17.0. The third-order valence-electron chi connectivity index (χ3n) is 4.85. The summed E-state index contributed by atoms with van der Waals surface area (Å²) in [6.45, 7) is 9.14. The van der Waals surface area contributed by atoms with Gasteiger partial charge >= 0.3 is 0 Å². The molecule has 0 saturated carbocycles. The number of benzene rings is 1. The highest BCUT2D eigenvalue weighted by atomic mass is 16.2. The van der Waals surface area contributed by atoms with Gasteiger partial charge in [-0.05, 0) is 19.4 Å². The van der Waals surface area contributed by atoms with Crippen molar-refractivity contribution in [1.29, 1.82) is 0 Å². The molecular weight excluding hydrogens is 314 g/mol. The van der Waals surface area contributed by atoms with Crippen molar-refractivity contribution in [3.63, 3.8) is 0 Å². The van der Waals surface area contributed by atoms with Crippen LogP contribution < -0.4 is 5.32 Å². The van der Waals surface area contributed by atoms with Crippen molar-refractivity contribution in [3.8, 4) is 0 Å². The number of amides is 1. The van der Waals surface area contributed by atoms with Crippen LogP contribution in [0.4, 0.5) is 5.69 Å². The summed E-state index contributed by atoms with van der Waals surface area (Å²) >= 11 is 0. The first kappa shape index (κ1) is 17.6. The highest BCUT2D eigenvalue weighted by Gasteiger charge is 2.20. The molecule has 1 aliphatic rings. The highest BCUT2D eigenvalue weighted by Crippen LogP contribution is 2.18. The molecular formula is C19H27N5O. The molecule has 0 unspecified atom stereocenters. The fourth-order valence-electron chi connectivity index (χ4n) is 3.28. The molecule has 1 N–H and O–H groups in total. The Morgan fingerprint density at radius 3 is 2.32 bits per heavy atom. The number of nitrogens with zero attached hydrogens (tertiary/aromatic N) is 4. The van der Waals surface area contributed by atoms with Crippen LogP contribution in [-0.2, 0) is 18.4 Å². The van der Waals surface area contributed by atoms with Crippen LogP contribution >= 0.6 is 0 Å². The third kappa shape index (κ3) is 4.46. The number of anilines is 1. The van der Waals surface area contributed by atoms with E-state index in [1.165, 1.54) is 5.56 Å².